The second kappa shape index (κ2) is 6.12. The Hall–Kier alpha value is -0.550. The van der Waals surface area contributed by atoms with Crippen molar-refractivity contribution in [2.75, 3.05) is 19.6 Å². The molecule has 1 aliphatic heterocycles. The summed E-state index contributed by atoms with van der Waals surface area (Å²) in [6, 6.07) is 3.88. The monoisotopic (exact) mass is 207 g/mol. The summed E-state index contributed by atoms with van der Waals surface area (Å²) in [4.78, 5) is 7.07. The summed E-state index contributed by atoms with van der Waals surface area (Å²) < 4.78 is 0. The number of nitrogens with zero attached hydrogens (tertiary/aromatic N) is 2. The highest BCUT2D eigenvalue weighted by Crippen LogP contribution is 2.20. The van der Waals surface area contributed by atoms with E-state index in [1.165, 1.54) is 64.5 Å². The van der Waals surface area contributed by atoms with Crippen LogP contribution in [0.4, 0.5) is 0 Å². The van der Waals surface area contributed by atoms with Gasteiger partial charge in [-0.05, 0) is 38.8 Å². The van der Waals surface area contributed by atoms with Crippen LogP contribution >= 0.6 is 0 Å². The third-order valence-electron chi connectivity index (χ3n) is 3.59. The second-order valence-electron chi connectivity index (χ2n) is 4.92. The van der Waals surface area contributed by atoms with Crippen molar-refractivity contribution in [2.45, 2.75) is 57.4 Å². The minimum Gasteiger partial charge on any atom is -0.287 e. The standard InChI is InChI=1S/C13H23N2/c1-3-7-13(8-4-1)14-9-12-15-10-5-2-6-11-15/h13H,1-8,10-12H2/q+1. The maximum atomic E-state index is 4.59. The lowest BCUT2D eigenvalue weighted by Gasteiger charge is -2.22. The molecule has 1 saturated carbocycles. The van der Waals surface area contributed by atoms with E-state index in [4.69, 9.17) is 0 Å². The van der Waals surface area contributed by atoms with Crippen LogP contribution in [-0.4, -0.2) is 30.6 Å². The van der Waals surface area contributed by atoms with Crippen molar-refractivity contribution in [3.8, 4) is 6.07 Å². The number of rotatable bonds is 1. The van der Waals surface area contributed by atoms with Gasteiger partial charge in [-0.3, -0.25) is 4.90 Å². The van der Waals surface area contributed by atoms with Gasteiger partial charge in [-0.25, -0.2) is 0 Å². The SMILES string of the molecule is C(CN1CCCCC1)#[N+]C1CCCCC1. The summed E-state index contributed by atoms with van der Waals surface area (Å²) in [7, 11) is 0. The largest absolute Gasteiger partial charge is 0.289 e. The molecular weight excluding hydrogens is 184 g/mol. The second-order valence-corrected chi connectivity index (χ2v) is 4.92. The molecule has 0 amide bonds. The zero-order valence-corrected chi connectivity index (χ0v) is 9.75. The maximum absolute atomic E-state index is 4.59. The van der Waals surface area contributed by atoms with Crippen LogP contribution in [0.5, 0.6) is 0 Å². The summed E-state index contributed by atoms with van der Waals surface area (Å²) in [5, 5.41) is 0. The lowest BCUT2D eigenvalue weighted by molar-refractivity contribution is 0.255. The molecule has 0 aromatic heterocycles. The van der Waals surface area contributed by atoms with Crippen molar-refractivity contribution >= 4 is 0 Å². The molecule has 2 heteroatoms. The molecule has 1 aliphatic carbocycles. The van der Waals surface area contributed by atoms with Crippen LogP contribution in [0, 0.1) is 6.07 Å². The Kier molecular flexibility index (Phi) is 4.47. The van der Waals surface area contributed by atoms with Crippen molar-refractivity contribution < 1.29 is 0 Å². The Balaban J connectivity index is 1.68. The fraction of sp³-hybridized carbons (Fsp3) is 0.923. The number of hydrogen-bond donors (Lipinski definition) is 0. The van der Waals surface area contributed by atoms with Crippen molar-refractivity contribution in [2.24, 2.45) is 0 Å². The first-order chi connectivity index (χ1) is 7.45. The van der Waals surface area contributed by atoms with Gasteiger partial charge >= 0.3 is 0 Å². The van der Waals surface area contributed by atoms with Crippen molar-refractivity contribution in [1.29, 1.82) is 0 Å². The fourth-order valence-electron chi connectivity index (χ4n) is 2.60. The molecular formula is C13H23N2+. The quantitative estimate of drug-likeness (QED) is 0.599. The number of piperidine rings is 1. The fourth-order valence-corrected chi connectivity index (χ4v) is 2.60. The molecule has 1 heterocycles. The molecule has 2 fully saturated rings. The summed E-state index contributed by atoms with van der Waals surface area (Å²) in [6.45, 7) is 3.48. The number of likely N-dealkylation sites (tertiary alicyclic amines) is 1. The summed E-state index contributed by atoms with van der Waals surface area (Å²) in [5.74, 6) is 0. The van der Waals surface area contributed by atoms with Crippen LogP contribution in [-0.2, 0) is 0 Å². The van der Waals surface area contributed by atoms with Crippen LogP contribution < -0.4 is 0 Å². The van der Waals surface area contributed by atoms with E-state index in [9.17, 15) is 0 Å². The predicted octanol–water partition coefficient (Wildman–Crippen LogP) is 3.14. The molecule has 2 aliphatic rings. The lowest BCUT2D eigenvalue weighted by atomic mass is 9.96. The molecule has 0 unspecified atom stereocenters. The van der Waals surface area contributed by atoms with E-state index in [-0.39, 0.29) is 0 Å². The normalized spacial score (nSPS) is 24.5. The molecule has 0 aromatic rings. The highest BCUT2D eigenvalue weighted by molar-refractivity contribution is 4.96. The van der Waals surface area contributed by atoms with E-state index in [0.717, 1.165) is 6.54 Å². The zero-order valence-electron chi connectivity index (χ0n) is 9.75. The molecule has 15 heavy (non-hydrogen) atoms. The molecule has 84 valence electrons. The van der Waals surface area contributed by atoms with Gasteiger partial charge in [-0.15, -0.1) is 0 Å². The summed E-state index contributed by atoms with van der Waals surface area (Å²) in [5.41, 5.74) is 0. The van der Waals surface area contributed by atoms with Gasteiger partial charge < -0.3 is 0 Å². The Morgan fingerprint density at radius 3 is 2.33 bits per heavy atom. The molecule has 0 radical (unpaired) electrons. The average molecular weight is 207 g/mol. The van der Waals surface area contributed by atoms with E-state index >= 15 is 0 Å². The van der Waals surface area contributed by atoms with Crippen molar-refractivity contribution in [1.82, 2.24) is 4.90 Å². The van der Waals surface area contributed by atoms with Crippen LogP contribution in [0.3, 0.4) is 0 Å². The Labute approximate surface area is 93.5 Å². The van der Waals surface area contributed by atoms with Crippen molar-refractivity contribution in [3.05, 3.63) is 4.85 Å². The van der Waals surface area contributed by atoms with Gasteiger partial charge in [0.05, 0.1) is 0 Å². The zero-order chi connectivity index (χ0) is 10.3. The first kappa shape index (κ1) is 11.0. The molecule has 0 bridgehead atoms. The van der Waals surface area contributed by atoms with Crippen LogP contribution in [0.1, 0.15) is 51.4 Å². The van der Waals surface area contributed by atoms with Gasteiger partial charge in [0, 0.05) is 12.8 Å². The molecule has 0 aromatic carbocycles. The molecule has 0 spiro atoms. The average Bonchev–Trinajstić information content (AvgIpc) is 2.32. The Bertz CT molecular complexity index is 227. The van der Waals surface area contributed by atoms with Gasteiger partial charge in [0.25, 0.3) is 12.1 Å². The molecule has 2 nitrogen and oxygen atoms in total. The molecule has 2 rings (SSSR count). The van der Waals surface area contributed by atoms with Gasteiger partial charge in [-0.2, -0.15) is 0 Å². The minimum absolute atomic E-state index is 0.601. The van der Waals surface area contributed by atoms with Crippen LogP contribution in [0.15, 0.2) is 0 Å². The topological polar surface area (TPSA) is 7.60 Å². The Morgan fingerprint density at radius 2 is 1.60 bits per heavy atom. The van der Waals surface area contributed by atoms with Gasteiger partial charge in [-0.1, -0.05) is 17.7 Å². The van der Waals surface area contributed by atoms with Crippen LogP contribution in [0.2, 0.25) is 0 Å². The van der Waals surface area contributed by atoms with E-state index < -0.39 is 0 Å². The molecule has 0 N–H and O–H groups in total. The third-order valence-corrected chi connectivity index (χ3v) is 3.59. The smallest absolute Gasteiger partial charge is 0.287 e. The van der Waals surface area contributed by atoms with E-state index in [2.05, 4.69) is 15.8 Å². The first-order valence-corrected chi connectivity index (χ1v) is 6.60. The first-order valence-electron chi connectivity index (χ1n) is 6.60. The maximum Gasteiger partial charge on any atom is 0.289 e. The Morgan fingerprint density at radius 1 is 0.933 bits per heavy atom. The van der Waals surface area contributed by atoms with E-state index in [0.29, 0.717) is 6.04 Å². The van der Waals surface area contributed by atoms with E-state index in [1.807, 2.05) is 0 Å². The summed E-state index contributed by atoms with van der Waals surface area (Å²) in [6.07, 6.45) is 10.9. The van der Waals surface area contributed by atoms with Gasteiger partial charge in [0.1, 0.15) is 6.54 Å². The number of hydrogen-bond acceptors (Lipinski definition) is 1. The van der Waals surface area contributed by atoms with Gasteiger partial charge in [0.2, 0.25) is 0 Å². The van der Waals surface area contributed by atoms with Crippen molar-refractivity contribution in [3.63, 3.8) is 0 Å². The lowest BCUT2D eigenvalue weighted by Crippen LogP contribution is -2.29. The highest BCUT2D eigenvalue weighted by atomic mass is 15.1. The van der Waals surface area contributed by atoms with Gasteiger partial charge in [0.15, 0.2) is 0 Å². The highest BCUT2D eigenvalue weighted by Gasteiger charge is 2.20. The predicted molar refractivity (Wildman–Crippen MR) is 64.4 cm³/mol. The third kappa shape index (κ3) is 3.83. The molecule has 0 atom stereocenters. The minimum atomic E-state index is 0.601. The van der Waals surface area contributed by atoms with Crippen LogP contribution in [0.25, 0.3) is 4.85 Å². The summed E-state index contributed by atoms with van der Waals surface area (Å²) >= 11 is 0. The van der Waals surface area contributed by atoms with E-state index in [1.54, 1.807) is 0 Å². The molecule has 1 saturated heterocycles.